The molecule has 4 nitrogen and oxygen atoms in total. The molecule has 0 saturated carbocycles. The summed E-state index contributed by atoms with van der Waals surface area (Å²) in [5.41, 5.74) is 0.0773. The van der Waals surface area contributed by atoms with Crippen molar-refractivity contribution in [2.24, 2.45) is 0 Å². The molecule has 19 heavy (non-hydrogen) atoms. The monoisotopic (exact) mass is 261 g/mol. The van der Waals surface area contributed by atoms with Gasteiger partial charge in [0.15, 0.2) is 11.2 Å². The van der Waals surface area contributed by atoms with Gasteiger partial charge in [0.05, 0.1) is 0 Å². The predicted molar refractivity (Wildman–Crippen MR) is 69.4 cm³/mol. The van der Waals surface area contributed by atoms with E-state index in [-0.39, 0.29) is 17.3 Å². The molecule has 1 N–H and O–H groups in total. The molecule has 0 atom stereocenters. The molecule has 1 heterocycles. The normalized spacial score (nSPS) is 10.3. The Morgan fingerprint density at radius 2 is 1.89 bits per heavy atom. The summed E-state index contributed by atoms with van der Waals surface area (Å²) in [4.78, 5) is 23.2. The van der Waals surface area contributed by atoms with Gasteiger partial charge in [0.1, 0.15) is 17.1 Å². The van der Waals surface area contributed by atoms with Crippen molar-refractivity contribution in [3.05, 3.63) is 57.7 Å². The molecule has 2 aromatic rings. The molecule has 0 spiro atoms. The van der Waals surface area contributed by atoms with E-state index < -0.39 is 11.2 Å². The summed E-state index contributed by atoms with van der Waals surface area (Å²) in [7, 11) is 0. The lowest BCUT2D eigenvalue weighted by Crippen LogP contribution is -2.15. The number of hydrogen-bond donors (Lipinski definition) is 1. The van der Waals surface area contributed by atoms with Crippen molar-refractivity contribution >= 4 is 17.4 Å². The average Bonchev–Trinajstić information content (AvgIpc) is 2.30. The molecule has 0 fully saturated rings. The first-order chi connectivity index (χ1) is 8.97. The van der Waals surface area contributed by atoms with Gasteiger partial charge in [-0.15, -0.1) is 0 Å². The molecule has 1 aromatic heterocycles. The fraction of sp³-hybridized carbons (Fsp3) is 0.143. The molecule has 0 aliphatic carbocycles. The SMILES string of the molecule is CC(=O)c1c(Nc2ccc(F)cc2)oc(C)cc1=O. The molecule has 0 amide bonds. The van der Waals surface area contributed by atoms with E-state index >= 15 is 0 Å². The van der Waals surface area contributed by atoms with Crippen molar-refractivity contribution in [2.75, 3.05) is 5.32 Å². The highest BCUT2D eigenvalue weighted by Crippen LogP contribution is 2.20. The van der Waals surface area contributed by atoms with Crippen LogP contribution in [0.1, 0.15) is 23.0 Å². The second kappa shape index (κ2) is 5.06. The maximum absolute atomic E-state index is 12.8. The van der Waals surface area contributed by atoms with E-state index in [4.69, 9.17) is 4.42 Å². The van der Waals surface area contributed by atoms with Gasteiger partial charge in [-0.3, -0.25) is 9.59 Å². The van der Waals surface area contributed by atoms with E-state index in [2.05, 4.69) is 5.32 Å². The molecule has 0 bridgehead atoms. The number of hydrogen-bond acceptors (Lipinski definition) is 4. The molecule has 0 saturated heterocycles. The Kier molecular flexibility index (Phi) is 3.46. The van der Waals surface area contributed by atoms with Crippen LogP contribution in [-0.4, -0.2) is 5.78 Å². The molecular weight excluding hydrogens is 249 g/mol. The van der Waals surface area contributed by atoms with Gasteiger partial charge in [-0.05, 0) is 38.1 Å². The van der Waals surface area contributed by atoms with Crippen molar-refractivity contribution in [2.45, 2.75) is 13.8 Å². The number of Topliss-reactive ketones (excluding diaryl/α,β-unsaturated/α-hetero) is 1. The fourth-order valence-corrected chi connectivity index (χ4v) is 1.70. The highest BCUT2D eigenvalue weighted by molar-refractivity contribution is 5.98. The summed E-state index contributed by atoms with van der Waals surface area (Å²) in [6, 6.07) is 6.77. The van der Waals surface area contributed by atoms with Crippen molar-refractivity contribution in [3.8, 4) is 0 Å². The Labute approximate surface area is 108 Å². The maximum atomic E-state index is 12.8. The van der Waals surface area contributed by atoms with E-state index in [0.29, 0.717) is 11.4 Å². The maximum Gasteiger partial charge on any atom is 0.212 e. The number of ketones is 1. The third-order valence-corrected chi connectivity index (χ3v) is 2.53. The number of carbonyl (C=O) groups excluding carboxylic acids is 1. The van der Waals surface area contributed by atoms with Crippen LogP contribution in [0.3, 0.4) is 0 Å². The van der Waals surface area contributed by atoms with Crippen LogP contribution in [-0.2, 0) is 0 Å². The standard InChI is InChI=1S/C14H12FNO3/c1-8-7-12(18)13(9(2)17)14(19-8)16-11-5-3-10(15)4-6-11/h3-7,16H,1-2H3. The van der Waals surface area contributed by atoms with Gasteiger partial charge in [0.25, 0.3) is 0 Å². The van der Waals surface area contributed by atoms with Gasteiger partial charge in [-0.1, -0.05) is 0 Å². The second-order valence-corrected chi connectivity index (χ2v) is 4.11. The summed E-state index contributed by atoms with van der Waals surface area (Å²) >= 11 is 0. The van der Waals surface area contributed by atoms with Crippen molar-refractivity contribution in [1.82, 2.24) is 0 Å². The lowest BCUT2D eigenvalue weighted by Gasteiger charge is -2.09. The smallest absolute Gasteiger partial charge is 0.212 e. The van der Waals surface area contributed by atoms with Crippen molar-refractivity contribution in [3.63, 3.8) is 0 Å². The van der Waals surface area contributed by atoms with Crippen LogP contribution in [0.25, 0.3) is 0 Å². The highest BCUT2D eigenvalue weighted by Gasteiger charge is 2.15. The number of anilines is 2. The minimum absolute atomic E-state index is 0.0464. The van der Waals surface area contributed by atoms with Crippen LogP contribution in [0, 0.1) is 12.7 Å². The van der Waals surface area contributed by atoms with E-state index in [1.807, 2.05) is 0 Å². The van der Waals surface area contributed by atoms with Gasteiger partial charge < -0.3 is 9.73 Å². The summed E-state index contributed by atoms with van der Waals surface area (Å²) in [5.74, 6) is -0.301. The quantitative estimate of drug-likeness (QED) is 0.863. The van der Waals surface area contributed by atoms with Gasteiger partial charge in [-0.2, -0.15) is 0 Å². The predicted octanol–water partition coefficient (Wildman–Crippen LogP) is 3.03. The van der Waals surface area contributed by atoms with Gasteiger partial charge in [-0.25, -0.2) is 4.39 Å². The van der Waals surface area contributed by atoms with Gasteiger partial charge in [0.2, 0.25) is 5.88 Å². The highest BCUT2D eigenvalue weighted by atomic mass is 19.1. The van der Waals surface area contributed by atoms with E-state index in [1.54, 1.807) is 6.92 Å². The fourth-order valence-electron chi connectivity index (χ4n) is 1.70. The minimum atomic E-state index is -0.402. The average molecular weight is 261 g/mol. The molecule has 1 aromatic carbocycles. The zero-order valence-electron chi connectivity index (χ0n) is 10.5. The van der Waals surface area contributed by atoms with Crippen molar-refractivity contribution < 1.29 is 13.6 Å². The third kappa shape index (κ3) is 2.88. The van der Waals surface area contributed by atoms with Gasteiger partial charge >= 0.3 is 0 Å². The number of aryl methyl sites for hydroxylation is 1. The third-order valence-electron chi connectivity index (χ3n) is 2.53. The Balaban J connectivity index is 2.47. The number of benzene rings is 1. The molecule has 0 radical (unpaired) electrons. The Morgan fingerprint density at radius 3 is 2.47 bits per heavy atom. The second-order valence-electron chi connectivity index (χ2n) is 4.11. The topological polar surface area (TPSA) is 59.3 Å². The molecular formula is C14H12FNO3. The van der Waals surface area contributed by atoms with Crippen LogP contribution < -0.4 is 10.7 Å². The molecule has 2 rings (SSSR count). The zero-order valence-corrected chi connectivity index (χ0v) is 10.5. The zero-order chi connectivity index (χ0) is 14.0. The van der Waals surface area contributed by atoms with E-state index in [9.17, 15) is 14.0 Å². The van der Waals surface area contributed by atoms with E-state index in [0.717, 1.165) is 0 Å². The number of nitrogens with one attached hydrogen (secondary N) is 1. The number of rotatable bonds is 3. The minimum Gasteiger partial charge on any atom is -0.445 e. The molecule has 5 heteroatoms. The number of carbonyl (C=O) groups is 1. The van der Waals surface area contributed by atoms with Crippen LogP contribution >= 0.6 is 0 Å². The first kappa shape index (κ1) is 13.0. The van der Waals surface area contributed by atoms with Crippen LogP contribution in [0.5, 0.6) is 0 Å². The molecule has 98 valence electrons. The Bertz CT molecular complexity index is 674. The van der Waals surface area contributed by atoms with Crippen LogP contribution in [0.4, 0.5) is 16.0 Å². The summed E-state index contributed by atoms with van der Waals surface area (Å²) in [6.45, 7) is 2.90. The number of halogens is 1. The van der Waals surface area contributed by atoms with Crippen LogP contribution in [0.15, 0.2) is 39.5 Å². The van der Waals surface area contributed by atoms with Gasteiger partial charge in [0, 0.05) is 11.8 Å². The first-order valence-electron chi connectivity index (χ1n) is 5.65. The Hall–Kier alpha value is -2.43. The lowest BCUT2D eigenvalue weighted by molar-refractivity contribution is 0.101. The van der Waals surface area contributed by atoms with E-state index in [1.165, 1.54) is 37.3 Å². The summed E-state index contributed by atoms with van der Waals surface area (Å²) in [6.07, 6.45) is 0. The first-order valence-corrected chi connectivity index (χ1v) is 5.65. The lowest BCUT2D eigenvalue weighted by atomic mass is 10.1. The summed E-state index contributed by atoms with van der Waals surface area (Å²) < 4.78 is 18.2. The molecule has 0 aliphatic heterocycles. The van der Waals surface area contributed by atoms with Crippen molar-refractivity contribution in [1.29, 1.82) is 0 Å². The Morgan fingerprint density at radius 1 is 1.26 bits per heavy atom. The van der Waals surface area contributed by atoms with Crippen LogP contribution in [0.2, 0.25) is 0 Å². The summed E-state index contributed by atoms with van der Waals surface area (Å²) in [5, 5.41) is 2.81. The molecule has 0 unspecified atom stereocenters. The molecule has 0 aliphatic rings. The largest absolute Gasteiger partial charge is 0.445 e.